The van der Waals surface area contributed by atoms with Crippen molar-refractivity contribution in [2.45, 2.75) is 27.2 Å². The number of H-pyrrole nitrogens is 1. The number of hydrogen-bond donors (Lipinski definition) is 2. The van der Waals surface area contributed by atoms with E-state index >= 15 is 4.39 Å². The number of benzene rings is 2. The van der Waals surface area contributed by atoms with Gasteiger partial charge in [0.1, 0.15) is 22.5 Å². The zero-order valence-corrected chi connectivity index (χ0v) is 19.4. The zero-order chi connectivity index (χ0) is 24.0. The first kappa shape index (κ1) is 24.3. The van der Waals surface area contributed by atoms with Crippen LogP contribution in [0.15, 0.2) is 60.9 Å². The van der Waals surface area contributed by atoms with Crippen molar-refractivity contribution in [2.75, 3.05) is 10.5 Å². The second-order valence-electron chi connectivity index (χ2n) is 6.95. The van der Waals surface area contributed by atoms with Gasteiger partial charge in [-0.15, -0.1) is 0 Å². The summed E-state index contributed by atoms with van der Waals surface area (Å²) < 4.78 is 44.0. The minimum Gasteiger partial charge on any atom is -0.345 e. The van der Waals surface area contributed by atoms with Gasteiger partial charge < -0.3 is 9.71 Å². The molecule has 0 bridgehead atoms. The zero-order valence-electron chi connectivity index (χ0n) is 18.6. The summed E-state index contributed by atoms with van der Waals surface area (Å²) in [6.45, 7) is 5.84. The molecule has 2 aromatic heterocycles. The van der Waals surface area contributed by atoms with E-state index in [1.165, 1.54) is 6.20 Å². The fraction of sp³-hybridized carbons (Fsp3) is 0.200. The Balaban J connectivity index is 0.00000149. The van der Waals surface area contributed by atoms with Gasteiger partial charge in [0, 0.05) is 34.7 Å². The topological polar surface area (TPSA) is 74.8 Å². The van der Waals surface area contributed by atoms with Gasteiger partial charge in [-0.2, -0.15) is 0 Å². The number of halogens is 2. The van der Waals surface area contributed by atoms with E-state index in [2.05, 4.69) is 14.7 Å². The predicted octanol–water partition coefficient (Wildman–Crippen LogP) is 6.25. The summed E-state index contributed by atoms with van der Waals surface area (Å²) in [4.78, 5) is 20.4. The first-order chi connectivity index (χ1) is 16.0. The van der Waals surface area contributed by atoms with Gasteiger partial charge in [0.25, 0.3) is 0 Å². The molecule has 0 fully saturated rings. The highest BCUT2D eigenvalue weighted by Gasteiger charge is 2.25. The maximum atomic E-state index is 15.0. The van der Waals surface area contributed by atoms with E-state index in [1.807, 2.05) is 51.1 Å². The number of aromatic nitrogens is 2. The molecular formula is C25H25F2N3O2S. The number of carbonyl (C=O) groups is 1. The van der Waals surface area contributed by atoms with Crippen LogP contribution >= 0.6 is 0 Å². The van der Waals surface area contributed by atoms with Gasteiger partial charge in [-0.3, -0.25) is 4.79 Å². The van der Waals surface area contributed by atoms with Crippen LogP contribution in [-0.4, -0.2) is 25.7 Å². The van der Waals surface area contributed by atoms with E-state index in [-0.39, 0.29) is 11.3 Å². The van der Waals surface area contributed by atoms with E-state index in [0.29, 0.717) is 23.2 Å². The summed E-state index contributed by atoms with van der Waals surface area (Å²) in [5, 5.41) is 0.457. The smallest absolute Gasteiger partial charge is 0.201 e. The van der Waals surface area contributed by atoms with E-state index in [9.17, 15) is 13.4 Å². The van der Waals surface area contributed by atoms with Crippen LogP contribution in [0.1, 0.15) is 43.1 Å². The summed E-state index contributed by atoms with van der Waals surface area (Å²) in [6, 6.07) is 13.4. The normalized spacial score (nSPS) is 11.5. The molecule has 1 unspecified atom stereocenters. The maximum Gasteiger partial charge on any atom is 0.201 e. The first-order valence-corrected chi connectivity index (χ1v) is 12.0. The molecule has 33 heavy (non-hydrogen) atoms. The van der Waals surface area contributed by atoms with E-state index in [4.69, 9.17) is 0 Å². The molecule has 2 aromatic carbocycles. The lowest BCUT2D eigenvalue weighted by Crippen LogP contribution is -2.13. The Morgan fingerprint density at radius 3 is 2.52 bits per heavy atom. The quantitative estimate of drug-likeness (QED) is 0.314. The number of hydrogen-bond acceptors (Lipinski definition) is 3. The molecule has 8 heteroatoms. The molecule has 1 atom stereocenters. The summed E-state index contributed by atoms with van der Waals surface area (Å²) in [7, 11) is -1.53. The number of carbonyl (C=O) groups excluding carboxylic acids is 1. The Labute approximate surface area is 193 Å². The van der Waals surface area contributed by atoms with Gasteiger partial charge in [-0.25, -0.2) is 18.0 Å². The highest BCUT2D eigenvalue weighted by Crippen LogP contribution is 2.29. The highest BCUT2D eigenvalue weighted by atomic mass is 32.2. The van der Waals surface area contributed by atoms with Crippen LogP contribution in [0.25, 0.3) is 22.2 Å². The number of nitrogens with one attached hydrogen (secondary N) is 2. The molecule has 0 aliphatic rings. The third-order valence-corrected chi connectivity index (χ3v) is 6.04. The largest absolute Gasteiger partial charge is 0.345 e. The minimum absolute atomic E-state index is 0.102. The highest BCUT2D eigenvalue weighted by molar-refractivity contribution is 7.86. The van der Waals surface area contributed by atoms with Crippen molar-refractivity contribution >= 4 is 33.5 Å². The van der Waals surface area contributed by atoms with E-state index in [0.717, 1.165) is 23.3 Å². The van der Waals surface area contributed by atoms with Crippen molar-refractivity contribution in [3.05, 3.63) is 83.7 Å². The Morgan fingerprint density at radius 1 is 1.09 bits per heavy atom. The van der Waals surface area contributed by atoms with Crippen LogP contribution in [0.5, 0.6) is 0 Å². The summed E-state index contributed by atoms with van der Waals surface area (Å²) in [5.41, 5.74) is 1.32. The fourth-order valence-electron chi connectivity index (χ4n) is 3.31. The van der Waals surface area contributed by atoms with Crippen LogP contribution in [-0.2, 0) is 11.0 Å². The third-order valence-electron chi connectivity index (χ3n) is 4.81. The molecule has 0 radical (unpaired) electrons. The van der Waals surface area contributed by atoms with E-state index in [1.54, 1.807) is 12.3 Å². The van der Waals surface area contributed by atoms with Crippen molar-refractivity contribution < 1.29 is 17.8 Å². The van der Waals surface area contributed by atoms with Gasteiger partial charge in [0.15, 0.2) is 5.82 Å². The van der Waals surface area contributed by atoms with Crippen molar-refractivity contribution in [1.29, 1.82) is 0 Å². The average molecular weight is 470 g/mol. The second kappa shape index (κ2) is 11.0. The molecule has 2 heterocycles. The number of pyridine rings is 1. The average Bonchev–Trinajstić information content (AvgIpc) is 3.26. The molecule has 0 aliphatic heterocycles. The molecular weight excluding hydrogens is 444 g/mol. The van der Waals surface area contributed by atoms with Crippen molar-refractivity contribution in [3.63, 3.8) is 0 Å². The molecule has 0 spiro atoms. The summed E-state index contributed by atoms with van der Waals surface area (Å²) in [5.74, 6) is -2.58. The second-order valence-corrected chi connectivity index (χ2v) is 8.26. The number of rotatable bonds is 7. The lowest BCUT2D eigenvalue weighted by molar-refractivity contribution is 0.103. The molecule has 172 valence electrons. The number of anilines is 1. The molecule has 5 nitrogen and oxygen atoms in total. The van der Waals surface area contributed by atoms with Crippen LogP contribution in [0.3, 0.4) is 0 Å². The first-order valence-electron chi connectivity index (χ1n) is 10.7. The van der Waals surface area contributed by atoms with Crippen LogP contribution in [0, 0.1) is 11.6 Å². The lowest BCUT2D eigenvalue weighted by atomic mass is 10.00. The van der Waals surface area contributed by atoms with Gasteiger partial charge in [0.05, 0.1) is 11.3 Å². The van der Waals surface area contributed by atoms with Crippen LogP contribution in [0.2, 0.25) is 0 Å². The van der Waals surface area contributed by atoms with Crippen molar-refractivity contribution in [2.24, 2.45) is 0 Å². The Kier molecular flexibility index (Phi) is 8.06. The number of ketones is 1. The molecule has 0 saturated heterocycles. The molecule has 0 saturated carbocycles. The number of aromatic amines is 1. The molecule has 4 rings (SSSR count). The van der Waals surface area contributed by atoms with Gasteiger partial charge in [-0.1, -0.05) is 51.1 Å². The summed E-state index contributed by atoms with van der Waals surface area (Å²) in [6.07, 6.45) is 3.68. The Morgan fingerprint density at radius 2 is 1.82 bits per heavy atom. The minimum atomic E-state index is -1.53. The van der Waals surface area contributed by atoms with Crippen molar-refractivity contribution in [1.82, 2.24) is 9.97 Å². The maximum absolute atomic E-state index is 15.0. The van der Waals surface area contributed by atoms with Crippen LogP contribution in [0.4, 0.5) is 14.5 Å². The third kappa shape index (κ3) is 5.17. The van der Waals surface area contributed by atoms with Gasteiger partial charge >= 0.3 is 0 Å². The Hall–Kier alpha value is -3.39. The molecule has 4 aromatic rings. The molecule has 0 amide bonds. The van der Waals surface area contributed by atoms with Gasteiger partial charge in [0.2, 0.25) is 5.78 Å². The number of nitrogens with zero attached hydrogens (tertiary/aromatic N) is 1. The fourth-order valence-corrected chi connectivity index (χ4v) is 4.19. The molecule has 0 aliphatic carbocycles. The SMILES string of the molecule is CC.CCCS(=O)Nc1ccc(F)c(C(=O)c2c[nH]c3ncc(-c4ccccc4)cc23)c1F. The predicted molar refractivity (Wildman–Crippen MR) is 130 cm³/mol. The molecule has 2 N–H and O–H groups in total. The van der Waals surface area contributed by atoms with Crippen molar-refractivity contribution in [3.8, 4) is 11.1 Å². The van der Waals surface area contributed by atoms with Crippen LogP contribution < -0.4 is 4.72 Å². The van der Waals surface area contributed by atoms with Gasteiger partial charge in [-0.05, 0) is 30.2 Å². The lowest BCUT2D eigenvalue weighted by Gasteiger charge is -2.10. The summed E-state index contributed by atoms with van der Waals surface area (Å²) >= 11 is 0. The monoisotopic (exact) mass is 469 g/mol. The number of fused-ring (bicyclic) bond motifs is 1. The van der Waals surface area contributed by atoms with E-state index < -0.39 is 34.0 Å². The Bertz CT molecular complexity index is 1290. The standard InChI is InChI=1S/C23H19F2N3O2S.C2H6/c1-2-10-31(30)28-19-9-8-18(24)20(21(19)25)22(29)17-13-27-23-16(17)11-15(12-26-23)14-6-4-3-5-7-14;1-2/h3-9,11-13,28H,2,10H2,1H3,(H,26,27);1-2H3.